The number of carbonyl (C=O) groups excluding carboxylic acids is 2. The zero-order chi connectivity index (χ0) is 13.0. The second kappa shape index (κ2) is 5.80. The van der Waals surface area contributed by atoms with Crippen LogP contribution < -0.4 is 0 Å². The lowest BCUT2D eigenvalue weighted by molar-refractivity contribution is -0.155. The van der Waals surface area contributed by atoms with Crippen molar-refractivity contribution in [1.29, 1.82) is 0 Å². The molecule has 0 aromatic rings. The standard InChI is InChI=1S/C12H21BrO3/c1-11(2,3)16-10(15)6-7-12(4,5)9(14)8-13/h6-8H2,1-5H3. The summed E-state index contributed by atoms with van der Waals surface area (Å²) in [6.45, 7) is 9.20. The van der Waals surface area contributed by atoms with Crippen molar-refractivity contribution in [3.05, 3.63) is 0 Å². The molecule has 0 aliphatic heterocycles. The topological polar surface area (TPSA) is 43.4 Å². The number of hydrogen-bond donors (Lipinski definition) is 0. The zero-order valence-electron chi connectivity index (χ0n) is 10.7. The van der Waals surface area contributed by atoms with E-state index in [1.165, 1.54) is 0 Å². The van der Waals surface area contributed by atoms with Gasteiger partial charge in [0.05, 0.1) is 5.33 Å². The highest BCUT2D eigenvalue weighted by Gasteiger charge is 2.28. The molecule has 16 heavy (non-hydrogen) atoms. The minimum Gasteiger partial charge on any atom is -0.460 e. The number of rotatable bonds is 5. The van der Waals surface area contributed by atoms with E-state index in [0.29, 0.717) is 11.8 Å². The molecule has 0 N–H and O–H groups in total. The maximum absolute atomic E-state index is 11.5. The quantitative estimate of drug-likeness (QED) is 0.578. The van der Waals surface area contributed by atoms with Gasteiger partial charge in [0, 0.05) is 11.8 Å². The average Bonchev–Trinajstić information content (AvgIpc) is 2.11. The Morgan fingerprint density at radius 3 is 2.00 bits per heavy atom. The molecule has 4 heteroatoms. The fourth-order valence-corrected chi connectivity index (χ4v) is 1.89. The second-order valence-corrected chi connectivity index (χ2v) is 6.09. The van der Waals surface area contributed by atoms with Gasteiger partial charge in [-0.05, 0) is 27.2 Å². The molecule has 0 spiro atoms. The van der Waals surface area contributed by atoms with Gasteiger partial charge in [-0.3, -0.25) is 9.59 Å². The van der Waals surface area contributed by atoms with Crippen molar-refractivity contribution in [2.24, 2.45) is 5.41 Å². The highest BCUT2D eigenvalue weighted by Crippen LogP contribution is 2.25. The van der Waals surface area contributed by atoms with Gasteiger partial charge in [0.15, 0.2) is 0 Å². The largest absolute Gasteiger partial charge is 0.460 e. The van der Waals surface area contributed by atoms with Crippen molar-refractivity contribution < 1.29 is 14.3 Å². The maximum atomic E-state index is 11.5. The van der Waals surface area contributed by atoms with Crippen molar-refractivity contribution >= 4 is 27.7 Å². The van der Waals surface area contributed by atoms with E-state index in [0.717, 1.165) is 0 Å². The third kappa shape index (κ3) is 6.26. The summed E-state index contributed by atoms with van der Waals surface area (Å²) < 4.78 is 5.18. The van der Waals surface area contributed by atoms with Crippen molar-refractivity contribution in [3.63, 3.8) is 0 Å². The maximum Gasteiger partial charge on any atom is 0.306 e. The lowest BCUT2D eigenvalue weighted by Gasteiger charge is -2.23. The van der Waals surface area contributed by atoms with Gasteiger partial charge in [-0.15, -0.1) is 0 Å². The number of Topliss-reactive ketones (excluding diaryl/α,β-unsaturated/α-hetero) is 1. The first kappa shape index (κ1) is 15.6. The fourth-order valence-electron chi connectivity index (χ4n) is 1.13. The molecular weight excluding hydrogens is 272 g/mol. The van der Waals surface area contributed by atoms with Crippen molar-refractivity contribution in [2.75, 3.05) is 5.33 Å². The van der Waals surface area contributed by atoms with Crippen LogP contribution in [0.1, 0.15) is 47.5 Å². The first-order chi connectivity index (χ1) is 7.08. The third-order valence-corrected chi connectivity index (χ3v) is 2.76. The number of esters is 1. The summed E-state index contributed by atoms with van der Waals surface area (Å²) in [5, 5.41) is 0.328. The van der Waals surface area contributed by atoms with Gasteiger partial charge in [-0.2, -0.15) is 0 Å². The van der Waals surface area contributed by atoms with Crippen LogP contribution in [-0.4, -0.2) is 22.7 Å². The van der Waals surface area contributed by atoms with Crippen LogP contribution in [-0.2, 0) is 14.3 Å². The molecular formula is C12H21BrO3. The van der Waals surface area contributed by atoms with Crippen LogP contribution in [0.5, 0.6) is 0 Å². The molecule has 0 aromatic carbocycles. The Balaban J connectivity index is 4.15. The number of halogens is 1. The van der Waals surface area contributed by atoms with Gasteiger partial charge < -0.3 is 4.74 Å². The molecule has 0 heterocycles. The van der Waals surface area contributed by atoms with Gasteiger partial charge >= 0.3 is 5.97 Å². The molecule has 0 radical (unpaired) electrons. The molecule has 0 saturated carbocycles. The number of alkyl halides is 1. The van der Waals surface area contributed by atoms with Crippen LogP contribution >= 0.6 is 15.9 Å². The third-order valence-electron chi connectivity index (χ3n) is 2.25. The SMILES string of the molecule is CC(C)(C)OC(=O)CCC(C)(C)C(=O)CBr. The molecule has 94 valence electrons. The highest BCUT2D eigenvalue weighted by atomic mass is 79.9. The molecule has 0 aliphatic rings. The van der Waals surface area contributed by atoms with Gasteiger partial charge in [-0.25, -0.2) is 0 Å². The summed E-state index contributed by atoms with van der Waals surface area (Å²) in [6.07, 6.45) is 0.801. The summed E-state index contributed by atoms with van der Waals surface area (Å²) >= 11 is 3.14. The summed E-state index contributed by atoms with van der Waals surface area (Å²) in [4.78, 5) is 23.0. The Labute approximate surface area is 106 Å². The second-order valence-electron chi connectivity index (χ2n) is 5.53. The summed E-state index contributed by atoms with van der Waals surface area (Å²) in [5.41, 5.74) is -0.930. The predicted octanol–water partition coefficient (Wildman–Crippen LogP) is 3.10. The fraction of sp³-hybridized carbons (Fsp3) is 0.833. The van der Waals surface area contributed by atoms with E-state index in [2.05, 4.69) is 15.9 Å². The van der Waals surface area contributed by atoms with Crippen LogP contribution in [0.25, 0.3) is 0 Å². The molecule has 0 unspecified atom stereocenters. The Morgan fingerprint density at radius 1 is 1.12 bits per heavy atom. The molecule has 3 nitrogen and oxygen atoms in total. The number of ether oxygens (including phenoxy) is 1. The molecule has 0 amide bonds. The normalized spacial score (nSPS) is 12.4. The summed E-state index contributed by atoms with van der Waals surface area (Å²) in [6, 6.07) is 0. The lowest BCUT2D eigenvalue weighted by Crippen LogP contribution is -2.28. The summed E-state index contributed by atoms with van der Waals surface area (Å²) in [5.74, 6) is -0.140. The Kier molecular flexibility index (Phi) is 5.66. The number of carbonyl (C=O) groups is 2. The predicted molar refractivity (Wildman–Crippen MR) is 67.7 cm³/mol. The van der Waals surface area contributed by atoms with Crippen LogP contribution in [0, 0.1) is 5.41 Å². The van der Waals surface area contributed by atoms with E-state index in [-0.39, 0.29) is 18.2 Å². The van der Waals surface area contributed by atoms with Crippen molar-refractivity contribution in [1.82, 2.24) is 0 Å². The number of ketones is 1. The van der Waals surface area contributed by atoms with Crippen molar-refractivity contribution in [3.8, 4) is 0 Å². The molecule has 0 saturated heterocycles. The van der Waals surface area contributed by atoms with Crippen LogP contribution in [0.4, 0.5) is 0 Å². The Bertz CT molecular complexity index is 264. The van der Waals surface area contributed by atoms with E-state index in [4.69, 9.17) is 4.74 Å². The first-order valence-corrected chi connectivity index (χ1v) is 6.52. The molecule has 0 aliphatic carbocycles. The molecule has 0 atom stereocenters. The number of hydrogen-bond acceptors (Lipinski definition) is 3. The molecule has 0 bridgehead atoms. The van der Waals surface area contributed by atoms with Gasteiger partial charge in [0.25, 0.3) is 0 Å². The van der Waals surface area contributed by atoms with Crippen LogP contribution in [0.15, 0.2) is 0 Å². The van der Waals surface area contributed by atoms with Gasteiger partial charge in [0.1, 0.15) is 11.4 Å². The monoisotopic (exact) mass is 292 g/mol. The highest BCUT2D eigenvalue weighted by molar-refractivity contribution is 9.09. The van der Waals surface area contributed by atoms with Crippen LogP contribution in [0.2, 0.25) is 0 Å². The lowest BCUT2D eigenvalue weighted by atomic mass is 9.84. The van der Waals surface area contributed by atoms with E-state index < -0.39 is 11.0 Å². The van der Waals surface area contributed by atoms with Crippen molar-refractivity contribution in [2.45, 2.75) is 53.1 Å². The zero-order valence-corrected chi connectivity index (χ0v) is 12.3. The minimum atomic E-state index is -0.472. The Morgan fingerprint density at radius 2 is 1.62 bits per heavy atom. The molecule has 0 rings (SSSR count). The van der Waals surface area contributed by atoms with Gasteiger partial charge in [-0.1, -0.05) is 29.8 Å². The van der Waals surface area contributed by atoms with Gasteiger partial charge in [0.2, 0.25) is 0 Å². The molecule has 0 aromatic heterocycles. The van der Waals surface area contributed by atoms with E-state index in [1.807, 2.05) is 34.6 Å². The van der Waals surface area contributed by atoms with E-state index >= 15 is 0 Å². The summed E-state index contributed by atoms with van der Waals surface area (Å²) in [7, 11) is 0. The van der Waals surface area contributed by atoms with E-state index in [1.54, 1.807) is 0 Å². The first-order valence-electron chi connectivity index (χ1n) is 5.39. The Hall–Kier alpha value is -0.380. The average molecular weight is 293 g/mol. The van der Waals surface area contributed by atoms with Crippen LogP contribution in [0.3, 0.4) is 0 Å². The molecule has 0 fully saturated rings. The van der Waals surface area contributed by atoms with E-state index in [9.17, 15) is 9.59 Å². The minimum absolute atomic E-state index is 0.107. The smallest absolute Gasteiger partial charge is 0.306 e.